The second kappa shape index (κ2) is 5.43. The minimum Gasteiger partial charge on any atom is -0.324 e. The van der Waals surface area contributed by atoms with E-state index < -0.39 is 0 Å². The molecule has 1 heterocycles. The molecule has 0 spiro atoms. The summed E-state index contributed by atoms with van der Waals surface area (Å²) in [6.07, 6.45) is 1.98. The Kier molecular flexibility index (Phi) is 3.28. The van der Waals surface area contributed by atoms with Crippen molar-refractivity contribution < 1.29 is 4.79 Å². The minimum absolute atomic E-state index is 0.0685. The first kappa shape index (κ1) is 13.3. The van der Waals surface area contributed by atoms with Gasteiger partial charge in [0.25, 0.3) is 0 Å². The van der Waals surface area contributed by atoms with Gasteiger partial charge in [-0.3, -0.25) is 4.79 Å². The SMILES string of the molecule is O=C(Nc1c2ccccc2cc2ccccc12)[C@@H]1CCCN1. The summed E-state index contributed by atoms with van der Waals surface area (Å²) in [5, 5.41) is 10.9. The second-order valence-electron chi connectivity index (χ2n) is 5.83. The molecule has 110 valence electrons. The van der Waals surface area contributed by atoms with E-state index >= 15 is 0 Å². The smallest absolute Gasteiger partial charge is 0.241 e. The molecule has 0 aromatic heterocycles. The summed E-state index contributed by atoms with van der Waals surface area (Å²) in [4.78, 5) is 12.5. The predicted octanol–water partition coefficient (Wildman–Crippen LogP) is 3.68. The average molecular weight is 290 g/mol. The highest BCUT2D eigenvalue weighted by Crippen LogP contribution is 2.33. The highest BCUT2D eigenvalue weighted by atomic mass is 16.2. The number of rotatable bonds is 2. The van der Waals surface area contributed by atoms with Crippen molar-refractivity contribution in [3.05, 3.63) is 54.6 Å². The van der Waals surface area contributed by atoms with Gasteiger partial charge in [0.2, 0.25) is 5.91 Å². The van der Waals surface area contributed by atoms with E-state index in [1.165, 1.54) is 0 Å². The van der Waals surface area contributed by atoms with Crippen LogP contribution in [0.25, 0.3) is 21.5 Å². The summed E-state index contributed by atoms with van der Waals surface area (Å²) in [7, 11) is 0. The number of fused-ring (bicyclic) bond motifs is 2. The van der Waals surface area contributed by atoms with Gasteiger partial charge in [-0.1, -0.05) is 48.5 Å². The fourth-order valence-corrected chi connectivity index (χ4v) is 3.27. The van der Waals surface area contributed by atoms with Crippen LogP contribution in [0.2, 0.25) is 0 Å². The number of carbonyl (C=O) groups is 1. The molecule has 3 nitrogen and oxygen atoms in total. The van der Waals surface area contributed by atoms with Gasteiger partial charge in [-0.15, -0.1) is 0 Å². The van der Waals surface area contributed by atoms with Gasteiger partial charge < -0.3 is 10.6 Å². The van der Waals surface area contributed by atoms with Gasteiger partial charge in [-0.2, -0.15) is 0 Å². The van der Waals surface area contributed by atoms with Crippen LogP contribution < -0.4 is 10.6 Å². The maximum absolute atomic E-state index is 12.5. The van der Waals surface area contributed by atoms with Crippen LogP contribution in [0.4, 0.5) is 5.69 Å². The van der Waals surface area contributed by atoms with E-state index in [0.29, 0.717) is 0 Å². The first-order chi connectivity index (χ1) is 10.8. The van der Waals surface area contributed by atoms with E-state index in [1.807, 2.05) is 24.3 Å². The predicted molar refractivity (Wildman–Crippen MR) is 91.1 cm³/mol. The topological polar surface area (TPSA) is 41.1 Å². The summed E-state index contributed by atoms with van der Waals surface area (Å²) < 4.78 is 0. The van der Waals surface area contributed by atoms with E-state index in [2.05, 4.69) is 41.0 Å². The Labute approximate surface area is 129 Å². The largest absolute Gasteiger partial charge is 0.324 e. The molecule has 0 saturated carbocycles. The first-order valence-corrected chi connectivity index (χ1v) is 7.78. The van der Waals surface area contributed by atoms with Crippen LogP contribution in [0.1, 0.15) is 12.8 Å². The highest BCUT2D eigenvalue weighted by Gasteiger charge is 2.23. The number of anilines is 1. The van der Waals surface area contributed by atoms with Crippen molar-refractivity contribution >= 4 is 33.1 Å². The molecule has 1 amide bonds. The lowest BCUT2D eigenvalue weighted by molar-refractivity contribution is -0.117. The average Bonchev–Trinajstić information content (AvgIpc) is 3.09. The quantitative estimate of drug-likeness (QED) is 0.707. The Balaban J connectivity index is 1.86. The van der Waals surface area contributed by atoms with Crippen LogP contribution in [-0.2, 0) is 4.79 Å². The maximum Gasteiger partial charge on any atom is 0.241 e. The number of amides is 1. The Morgan fingerprint density at radius 2 is 1.64 bits per heavy atom. The third-order valence-corrected chi connectivity index (χ3v) is 4.40. The van der Waals surface area contributed by atoms with E-state index in [4.69, 9.17) is 0 Å². The van der Waals surface area contributed by atoms with E-state index in [-0.39, 0.29) is 11.9 Å². The van der Waals surface area contributed by atoms with Crippen molar-refractivity contribution in [3.8, 4) is 0 Å². The normalized spacial score (nSPS) is 17.9. The molecule has 3 heteroatoms. The number of hydrogen-bond donors (Lipinski definition) is 2. The second-order valence-corrected chi connectivity index (χ2v) is 5.83. The van der Waals surface area contributed by atoms with Gasteiger partial charge in [0, 0.05) is 10.8 Å². The molecule has 1 saturated heterocycles. The van der Waals surface area contributed by atoms with Crippen LogP contribution in [0.3, 0.4) is 0 Å². The van der Waals surface area contributed by atoms with Crippen molar-refractivity contribution in [1.82, 2.24) is 5.32 Å². The van der Waals surface area contributed by atoms with E-state index in [9.17, 15) is 4.79 Å². The molecule has 0 radical (unpaired) electrons. The molecule has 3 aromatic rings. The molecule has 0 unspecified atom stereocenters. The molecular weight excluding hydrogens is 272 g/mol. The number of carbonyl (C=O) groups excluding carboxylic acids is 1. The minimum atomic E-state index is -0.0715. The summed E-state index contributed by atoms with van der Waals surface area (Å²) in [5.74, 6) is 0.0685. The van der Waals surface area contributed by atoms with Gasteiger partial charge in [0.15, 0.2) is 0 Å². The lowest BCUT2D eigenvalue weighted by Gasteiger charge is -2.15. The third-order valence-electron chi connectivity index (χ3n) is 4.40. The standard InChI is InChI=1S/C19H18N2O/c22-19(17-10-5-11-20-17)21-18-15-8-3-1-6-13(15)12-14-7-2-4-9-16(14)18/h1-4,6-9,12,17,20H,5,10-11H2,(H,21,22)/t17-/m0/s1. The highest BCUT2D eigenvalue weighted by molar-refractivity contribution is 6.15. The zero-order chi connectivity index (χ0) is 14.9. The molecule has 22 heavy (non-hydrogen) atoms. The van der Waals surface area contributed by atoms with Crippen LogP contribution >= 0.6 is 0 Å². The lowest BCUT2D eigenvalue weighted by atomic mass is 10.0. The fourth-order valence-electron chi connectivity index (χ4n) is 3.27. The molecule has 1 atom stereocenters. The zero-order valence-corrected chi connectivity index (χ0v) is 12.3. The number of nitrogens with one attached hydrogen (secondary N) is 2. The molecule has 1 aliphatic rings. The van der Waals surface area contributed by atoms with Crippen molar-refractivity contribution in [2.45, 2.75) is 18.9 Å². The van der Waals surface area contributed by atoms with Crippen molar-refractivity contribution in [2.75, 3.05) is 11.9 Å². The fraction of sp³-hybridized carbons (Fsp3) is 0.211. The van der Waals surface area contributed by atoms with Gasteiger partial charge in [-0.05, 0) is 36.2 Å². The molecule has 4 rings (SSSR count). The van der Waals surface area contributed by atoms with Crippen molar-refractivity contribution in [3.63, 3.8) is 0 Å². The number of hydrogen-bond acceptors (Lipinski definition) is 2. The van der Waals surface area contributed by atoms with E-state index in [0.717, 1.165) is 46.6 Å². The monoisotopic (exact) mass is 290 g/mol. The van der Waals surface area contributed by atoms with Crippen LogP contribution in [-0.4, -0.2) is 18.5 Å². The van der Waals surface area contributed by atoms with E-state index in [1.54, 1.807) is 0 Å². The first-order valence-electron chi connectivity index (χ1n) is 7.78. The Morgan fingerprint density at radius 1 is 1.00 bits per heavy atom. The summed E-state index contributed by atoms with van der Waals surface area (Å²) in [6.45, 7) is 0.925. The number of benzene rings is 3. The van der Waals surface area contributed by atoms with Crippen LogP contribution in [0.15, 0.2) is 54.6 Å². The summed E-state index contributed by atoms with van der Waals surface area (Å²) in [5.41, 5.74) is 0.924. The molecule has 1 aliphatic heterocycles. The Bertz CT molecular complexity index is 796. The van der Waals surface area contributed by atoms with Crippen molar-refractivity contribution in [2.24, 2.45) is 0 Å². The molecule has 3 aromatic carbocycles. The maximum atomic E-state index is 12.5. The molecule has 2 N–H and O–H groups in total. The van der Waals surface area contributed by atoms with Gasteiger partial charge in [-0.25, -0.2) is 0 Å². The van der Waals surface area contributed by atoms with Gasteiger partial charge >= 0.3 is 0 Å². The van der Waals surface area contributed by atoms with Crippen molar-refractivity contribution in [1.29, 1.82) is 0 Å². The van der Waals surface area contributed by atoms with Crippen LogP contribution in [0, 0.1) is 0 Å². The van der Waals surface area contributed by atoms with Gasteiger partial charge in [0.05, 0.1) is 11.7 Å². The Morgan fingerprint density at radius 3 is 2.23 bits per heavy atom. The summed E-state index contributed by atoms with van der Waals surface area (Å²) >= 11 is 0. The zero-order valence-electron chi connectivity index (χ0n) is 12.3. The molecule has 0 bridgehead atoms. The molecule has 1 fully saturated rings. The molecule has 0 aliphatic carbocycles. The van der Waals surface area contributed by atoms with Crippen LogP contribution in [0.5, 0.6) is 0 Å². The lowest BCUT2D eigenvalue weighted by Crippen LogP contribution is -2.35. The third kappa shape index (κ3) is 2.24. The van der Waals surface area contributed by atoms with Gasteiger partial charge in [0.1, 0.15) is 0 Å². The summed E-state index contributed by atoms with van der Waals surface area (Å²) in [6, 6.07) is 18.5. The Hall–Kier alpha value is -2.39. The molecular formula is C19H18N2O.